The van der Waals surface area contributed by atoms with Gasteiger partial charge < -0.3 is 14.2 Å². The van der Waals surface area contributed by atoms with Crippen molar-refractivity contribution in [1.29, 1.82) is 0 Å². The topological polar surface area (TPSA) is 62.9 Å². The largest absolute Gasteiger partial charge is 0.486 e. The Morgan fingerprint density at radius 2 is 1.69 bits per heavy atom. The molecule has 88 valence electrons. The lowest BCUT2D eigenvalue weighted by Crippen LogP contribution is -2.18. The molecule has 0 aromatic heterocycles. The molecule has 5 nitrogen and oxygen atoms in total. The normalized spacial score (nSPS) is 13.9. The second kappa shape index (κ2) is 5.16. The Kier molecular flexibility index (Phi) is 3.61. The molecule has 0 fully saturated rings. The van der Waals surface area contributed by atoms with Gasteiger partial charge >= 0.3 is 0 Å². The number of ether oxygens (including phenoxy) is 3. The lowest BCUT2D eigenvalue weighted by Gasteiger charge is -2.23. The number of nitrogens with two attached hydrogens (primary N) is 1. The van der Waals surface area contributed by atoms with Gasteiger partial charge in [0.05, 0.1) is 13.2 Å². The molecule has 1 aliphatic heterocycles. The smallest absolute Gasteiger partial charge is 0.167 e. The van der Waals surface area contributed by atoms with Gasteiger partial charge in [-0.05, 0) is 0 Å². The van der Waals surface area contributed by atoms with Crippen LogP contribution >= 0.6 is 0 Å². The van der Waals surface area contributed by atoms with E-state index in [0.29, 0.717) is 32.2 Å². The van der Waals surface area contributed by atoms with E-state index in [-0.39, 0.29) is 0 Å². The van der Waals surface area contributed by atoms with Gasteiger partial charge in [0.1, 0.15) is 13.2 Å². The molecular formula is C11H15NO4. The van der Waals surface area contributed by atoms with Crippen LogP contribution < -0.4 is 15.4 Å². The lowest BCUT2D eigenvalue weighted by atomic mass is 10.1. The van der Waals surface area contributed by atoms with Gasteiger partial charge in [0.2, 0.25) is 0 Å². The molecule has 1 aromatic carbocycles. The molecule has 0 radical (unpaired) electrons. The van der Waals surface area contributed by atoms with Crippen molar-refractivity contribution < 1.29 is 19.0 Å². The van der Waals surface area contributed by atoms with Gasteiger partial charge in [0.15, 0.2) is 11.5 Å². The molecule has 0 aliphatic carbocycles. The molecule has 2 rings (SSSR count). The summed E-state index contributed by atoms with van der Waals surface area (Å²) in [4.78, 5) is 4.63. The van der Waals surface area contributed by atoms with Crippen molar-refractivity contribution in [3.63, 3.8) is 0 Å². The van der Waals surface area contributed by atoms with Crippen LogP contribution in [-0.4, -0.2) is 20.3 Å². The van der Waals surface area contributed by atoms with Gasteiger partial charge in [-0.15, -0.1) is 0 Å². The fraction of sp³-hybridized carbons (Fsp3) is 0.455. The molecule has 0 amide bonds. The van der Waals surface area contributed by atoms with Gasteiger partial charge in [-0.3, -0.25) is 4.84 Å². The van der Waals surface area contributed by atoms with Crippen LogP contribution in [0.5, 0.6) is 11.5 Å². The van der Waals surface area contributed by atoms with E-state index in [9.17, 15) is 0 Å². The molecule has 0 saturated heterocycles. The second-order valence-electron chi connectivity index (χ2n) is 3.48. The van der Waals surface area contributed by atoms with Crippen LogP contribution in [0.2, 0.25) is 0 Å². The molecule has 2 N–H and O–H groups in total. The van der Waals surface area contributed by atoms with Gasteiger partial charge in [-0.2, -0.15) is 0 Å². The van der Waals surface area contributed by atoms with E-state index in [1.807, 2.05) is 12.1 Å². The molecule has 0 bridgehead atoms. The van der Waals surface area contributed by atoms with Crippen molar-refractivity contribution in [2.24, 2.45) is 5.90 Å². The van der Waals surface area contributed by atoms with Crippen LogP contribution in [0.15, 0.2) is 12.1 Å². The van der Waals surface area contributed by atoms with Crippen molar-refractivity contribution in [3.8, 4) is 11.5 Å². The predicted octanol–water partition coefficient (Wildman–Crippen LogP) is 0.995. The number of benzene rings is 1. The van der Waals surface area contributed by atoms with E-state index < -0.39 is 0 Å². The fourth-order valence-corrected chi connectivity index (χ4v) is 1.72. The van der Waals surface area contributed by atoms with Gasteiger partial charge in [0, 0.05) is 18.2 Å². The average molecular weight is 225 g/mol. The molecule has 0 spiro atoms. The summed E-state index contributed by atoms with van der Waals surface area (Å²) in [6, 6.07) is 3.85. The minimum atomic E-state index is 0.305. The van der Waals surface area contributed by atoms with Gasteiger partial charge in [0.25, 0.3) is 0 Å². The Hall–Kier alpha value is -1.30. The zero-order chi connectivity index (χ0) is 11.4. The first kappa shape index (κ1) is 11.2. The second-order valence-corrected chi connectivity index (χ2v) is 3.48. The van der Waals surface area contributed by atoms with Crippen molar-refractivity contribution in [2.45, 2.75) is 13.2 Å². The molecule has 5 heteroatoms. The molecule has 0 saturated carbocycles. The molecular weight excluding hydrogens is 210 g/mol. The van der Waals surface area contributed by atoms with E-state index in [1.165, 1.54) is 0 Å². The third-order valence-electron chi connectivity index (χ3n) is 2.39. The van der Waals surface area contributed by atoms with Crippen LogP contribution in [0.4, 0.5) is 0 Å². The van der Waals surface area contributed by atoms with Gasteiger partial charge in [-0.1, -0.05) is 12.1 Å². The number of methoxy groups -OCH3 is 1. The number of rotatable bonds is 4. The molecule has 16 heavy (non-hydrogen) atoms. The molecule has 1 aliphatic rings. The maximum atomic E-state index is 5.59. The van der Waals surface area contributed by atoms with E-state index in [2.05, 4.69) is 4.84 Å². The minimum absolute atomic E-state index is 0.305. The zero-order valence-electron chi connectivity index (χ0n) is 9.19. The predicted molar refractivity (Wildman–Crippen MR) is 57.1 cm³/mol. The first-order valence-electron chi connectivity index (χ1n) is 5.07. The van der Waals surface area contributed by atoms with Crippen molar-refractivity contribution in [3.05, 3.63) is 23.3 Å². The van der Waals surface area contributed by atoms with Crippen LogP contribution in [0, 0.1) is 0 Å². The maximum absolute atomic E-state index is 5.59. The summed E-state index contributed by atoms with van der Waals surface area (Å²) in [7, 11) is 1.65. The van der Waals surface area contributed by atoms with Crippen LogP contribution in [0.25, 0.3) is 0 Å². The zero-order valence-corrected chi connectivity index (χ0v) is 9.19. The van der Waals surface area contributed by atoms with E-state index >= 15 is 0 Å². The average Bonchev–Trinajstić information content (AvgIpc) is 2.33. The number of hydrogen-bond donors (Lipinski definition) is 1. The SMILES string of the molecule is COCc1ccc(CON)c2c1OCCO2. The third-order valence-corrected chi connectivity index (χ3v) is 2.39. The van der Waals surface area contributed by atoms with Crippen LogP contribution in [0.1, 0.15) is 11.1 Å². The quantitative estimate of drug-likeness (QED) is 0.774. The summed E-state index contributed by atoms with van der Waals surface area (Å²) in [5, 5.41) is 0. The monoisotopic (exact) mass is 225 g/mol. The van der Waals surface area contributed by atoms with Crippen molar-refractivity contribution in [2.75, 3.05) is 20.3 Å². The summed E-state index contributed by atoms with van der Waals surface area (Å²) in [5.74, 6) is 6.52. The maximum Gasteiger partial charge on any atom is 0.167 e. The van der Waals surface area contributed by atoms with E-state index in [1.54, 1.807) is 7.11 Å². The summed E-state index contributed by atoms with van der Waals surface area (Å²) in [6.45, 7) is 1.89. The summed E-state index contributed by atoms with van der Waals surface area (Å²) in [5.41, 5.74) is 1.86. The highest BCUT2D eigenvalue weighted by Crippen LogP contribution is 2.37. The standard InChI is InChI=1S/C11H15NO4/c1-13-6-8-2-3-9(7-16-12)11-10(8)14-4-5-15-11/h2-3H,4-7,12H2,1H3. The Bertz CT molecular complexity index is 332. The van der Waals surface area contributed by atoms with Crippen molar-refractivity contribution >= 4 is 0 Å². The first-order valence-corrected chi connectivity index (χ1v) is 5.07. The van der Waals surface area contributed by atoms with Crippen molar-refractivity contribution in [1.82, 2.24) is 0 Å². The molecule has 1 aromatic rings. The van der Waals surface area contributed by atoms with E-state index in [4.69, 9.17) is 20.1 Å². The Balaban J connectivity index is 2.37. The Morgan fingerprint density at radius 1 is 1.12 bits per heavy atom. The summed E-state index contributed by atoms with van der Waals surface area (Å²) < 4.78 is 16.3. The van der Waals surface area contributed by atoms with Crippen LogP contribution in [0.3, 0.4) is 0 Å². The number of hydrogen-bond acceptors (Lipinski definition) is 5. The lowest BCUT2D eigenvalue weighted by molar-refractivity contribution is 0.114. The first-order chi connectivity index (χ1) is 7.86. The molecule has 0 atom stereocenters. The Labute approximate surface area is 94.0 Å². The third kappa shape index (κ3) is 2.11. The van der Waals surface area contributed by atoms with Crippen LogP contribution in [-0.2, 0) is 22.8 Å². The summed E-state index contributed by atoms with van der Waals surface area (Å²) >= 11 is 0. The highest BCUT2D eigenvalue weighted by molar-refractivity contribution is 5.52. The molecule has 1 heterocycles. The highest BCUT2D eigenvalue weighted by atomic mass is 16.6. The fourth-order valence-electron chi connectivity index (χ4n) is 1.72. The minimum Gasteiger partial charge on any atom is -0.486 e. The Morgan fingerprint density at radius 3 is 2.19 bits per heavy atom. The molecule has 0 unspecified atom stereocenters. The highest BCUT2D eigenvalue weighted by Gasteiger charge is 2.19. The summed E-state index contributed by atoms with van der Waals surface area (Å²) in [6.07, 6.45) is 0. The number of fused-ring (bicyclic) bond motifs is 1. The van der Waals surface area contributed by atoms with E-state index in [0.717, 1.165) is 16.9 Å². The van der Waals surface area contributed by atoms with Gasteiger partial charge in [-0.25, -0.2) is 5.90 Å².